The van der Waals surface area contributed by atoms with E-state index in [4.69, 9.17) is 4.52 Å². The van der Waals surface area contributed by atoms with Gasteiger partial charge in [-0.2, -0.15) is 4.98 Å². The van der Waals surface area contributed by atoms with Gasteiger partial charge in [0.15, 0.2) is 0 Å². The van der Waals surface area contributed by atoms with Crippen molar-refractivity contribution in [2.45, 2.75) is 32.4 Å². The maximum absolute atomic E-state index is 13.4. The van der Waals surface area contributed by atoms with Gasteiger partial charge in [0.2, 0.25) is 17.6 Å². The van der Waals surface area contributed by atoms with Crippen LogP contribution < -0.4 is 0 Å². The Labute approximate surface area is 150 Å². The Hall–Kier alpha value is -3.02. The molecule has 1 fully saturated rings. The highest BCUT2D eigenvalue weighted by atomic mass is 19.1. The maximum Gasteiger partial charge on any atom is 0.249 e. The highest BCUT2D eigenvalue weighted by Gasteiger charge is 2.36. The van der Waals surface area contributed by atoms with E-state index in [-0.39, 0.29) is 17.8 Å². The predicted molar refractivity (Wildman–Crippen MR) is 93.4 cm³/mol. The Bertz CT molecular complexity index is 936. The standard InChI is InChI=1S/C20H18FN3O2/c1-13-5-7-14(8-6-13)12-24-17(9-10-18(24)25)20-22-19(23-26-20)15-3-2-4-16(21)11-15/h2-8,11,17H,9-10,12H2,1H3. The fraction of sp³-hybridized carbons (Fsp3) is 0.250. The van der Waals surface area contributed by atoms with Crippen molar-refractivity contribution in [1.82, 2.24) is 15.0 Å². The van der Waals surface area contributed by atoms with E-state index >= 15 is 0 Å². The molecule has 26 heavy (non-hydrogen) atoms. The highest BCUT2D eigenvalue weighted by molar-refractivity contribution is 5.78. The molecule has 0 radical (unpaired) electrons. The molecule has 132 valence electrons. The molecule has 2 heterocycles. The van der Waals surface area contributed by atoms with Gasteiger partial charge in [-0.1, -0.05) is 47.1 Å². The van der Waals surface area contributed by atoms with Gasteiger partial charge in [0.25, 0.3) is 0 Å². The van der Waals surface area contributed by atoms with E-state index < -0.39 is 0 Å². The van der Waals surface area contributed by atoms with Crippen LogP contribution in [0.5, 0.6) is 0 Å². The number of amides is 1. The summed E-state index contributed by atoms with van der Waals surface area (Å²) in [5, 5.41) is 3.96. The summed E-state index contributed by atoms with van der Waals surface area (Å²) in [4.78, 5) is 18.5. The lowest BCUT2D eigenvalue weighted by molar-refractivity contribution is -0.129. The second kappa shape index (κ2) is 6.71. The van der Waals surface area contributed by atoms with Crippen LogP contribution in [0.3, 0.4) is 0 Å². The van der Waals surface area contributed by atoms with Crippen LogP contribution in [0, 0.1) is 12.7 Å². The third kappa shape index (κ3) is 3.22. The molecule has 1 atom stereocenters. The SMILES string of the molecule is Cc1ccc(CN2C(=O)CCC2c2nc(-c3cccc(F)c3)no2)cc1. The van der Waals surface area contributed by atoms with Crippen LogP contribution in [-0.4, -0.2) is 20.9 Å². The number of aryl methyl sites for hydroxylation is 1. The minimum absolute atomic E-state index is 0.0704. The Morgan fingerprint density at radius 2 is 2.04 bits per heavy atom. The van der Waals surface area contributed by atoms with Gasteiger partial charge in [-0.25, -0.2) is 4.39 Å². The van der Waals surface area contributed by atoms with Crippen LogP contribution in [-0.2, 0) is 11.3 Å². The van der Waals surface area contributed by atoms with E-state index in [0.717, 1.165) is 5.56 Å². The fourth-order valence-electron chi connectivity index (χ4n) is 3.19. The lowest BCUT2D eigenvalue weighted by atomic mass is 10.1. The molecule has 1 amide bonds. The molecule has 5 nitrogen and oxygen atoms in total. The topological polar surface area (TPSA) is 59.2 Å². The van der Waals surface area contributed by atoms with Gasteiger partial charge >= 0.3 is 0 Å². The number of halogens is 1. The van der Waals surface area contributed by atoms with Crippen molar-refractivity contribution in [3.8, 4) is 11.4 Å². The Morgan fingerprint density at radius 1 is 1.23 bits per heavy atom. The molecule has 6 heteroatoms. The molecule has 0 bridgehead atoms. The van der Waals surface area contributed by atoms with E-state index in [1.165, 1.54) is 17.7 Å². The average Bonchev–Trinajstić information content (AvgIpc) is 3.25. The molecule has 1 unspecified atom stereocenters. The van der Waals surface area contributed by atoms with Crippen molar-refractivity contribution < 1.29 is 13.7 Å². The smallest absolute Gasteiger partial charge is 0.249 e. The van der Waals surface area contributed by atoms with Gasteiger partial charge in [0, 0.05) is 18.5 Å². The monoisotopic (exact) mass is 351 g/mol. The molecule has 2 aromatic carbocycles. The van der Waals surface area contributed by atoms with E-state index in [2.05, 4.69) is 10.1 Å². The van der Waals surface area contributed by atoms with Crippen molar-refractivity contribution in [1.29, 1.82) is 0 Å². The zero-order chi connectivity index (χ0) is 18.1. The Morgan fingerprint density at radius 3 is 2.81 bits per heavy atom. The molecule has 0 spiro atoms. The minimum atomic E-state index is -0.356. The van der Waals surface area contributed by atoms with Crippen molar-refractivity contribution >= 4 is 5.91 Å². The Balaban J connectivity index is 1.58. The zero-order valence-corrected chi connectivity index (χ0v) is 14.4. The number of likely N-dealkylation sites (tertiary alicyclic amines) is 1. The van der Waals surface area contributed by atoms with Gasteiger partial charge in [0.1, 0.15) is 11.9 Å². The van der Waals surface area contributed by atoms with Crippen LogP contribution in [0.15, 0.2) is 53.1 Å². The number of nitrogens with zero attached hydrogens (tertiary/aromatic N) is 3. The zero-order valence-electron chi connectivity index (χ0n) is 14.4. The van der Waals surface area contributed by atoms with Crippen LogP contribution in [0.2, 0.25) is 0 Å². The first kappa shape index (κ1) is 16.4. The van der Waals surface area contributed by atoms with Crippen molar-refractivity contribution in [2.75, 3.05) is 0 Å². The first-order valence-electron chi connectivity index (χ1n) is 8.55. The van der Waals surface area contributed by atoms with Crippen LogP contribution in [0.1, 0.15) is 35.9 Å². The fourth-order valence-corrected chi connectivity index (χ4v) is 3.19. The quantitative estimate of drug-likeness (QED) is 0.711. The first-order chi connectivity index (χ1) is 12.6. The molecule has 1 aromatic heterocycles. The third-order valence-electron chi connectivity index (χ3n) is 4.61. The number of aromatic nitrogens is 2. The number of hydrogen-bond donors (Lipinski definition) is 0. The minimum Gasteiger partial charge on any atom is -0.337 e. The van der Waals surface area contributed by atoms with Crippen LogP contribution >= 0.6 is 0 Å². The summed E-state index contributed by atoms with van der Waals surface area (Å²) in [5.74, 6) is 0.434. The van der Waals surface area contributed by atoms with Gasteiger partial charge in [-0.3, -0.25) is 4.79 Å². The van der Waals surface area contributed by atoms with E-state index in [9.17, 15) is 9.18 Å². The van der Waals surface area contributed by atoms with Crippen molar-refractivity contribution in [2.24, 2.45) is 0 Å². The third-order valence-corrected chi connectivity index (χ3v) is 4.61. The molecule has 1 aliphatic heterocycles. The molecule has 1 saturated heterocycles. The van der Waals surface area contributed by atoms with Gasteiger partial charge in [-0.15, -0.1) is 0 Å². The molecule has 3 aromatic rings. The maximum atomic E-state index is 13.4. The summed E-state index contributed by atoms with van der Waals surface area (Å²) >= 11 is 0. The molecular weight excluding hydrogens is 333 g/mol. The molecule has 4 rings (SSSR count). The summed E-state index contributed by atoms with van der Waals surface area (Å²) in [6.45, 7) is 2.53. The lowest BCUT2D eigenvalue weighted by Crippen LogP contribution is -2.27. The number of carbonyl (C=O) groups is 1. The number of benzene rings is 2. The molecule has 1 aliphatic rings. The van der Waals surface area contributed by atoms with Gasteiger partial charge in [-0.05, 0) is 31.0 Å². The second-order valence-electron chi connectivity index (χ2n) is 6.53. The highest BCUT2D eigenvalue weighted by Crippen LogP contribution is 2.34. The van der Waals surface area contributed by atoms with Gasteiger partial charge in [0.05, 0.1) is 0 Å². The molecule has 0 aliphatic carbocycles. The average molecular weight is 351 g/mol. The predicted octanol–water partition coefficient (Wildman–Crippen LogP) is 4.05. The molecule has 0 N–H and O–H groups in total. The normalized spacial score (nSPS) is 17.1. The molecular formula is C20H18FN3O2. The van der Waals surface area contributed by atoms with E-state index in [1.807, 2.05) is 31.2 Å². The number of rotatable bonds is 4. The van der Waals surface area contributed by atoms with E-state index in [1.54, 1.807) is 17.0 Å². The second-order valence-corrected chi connectivity index (χ2v) is 6.53. The van der Waals surface area contributed by atoms with Gasteiger partial charge < -0.3 is 9.42 Å². The van der Waals surface area contributed by atoms with Crippen molar-refractivity contribution in [3.63, 3.8) is 0 Å². The summed E-state index contributed by atoms with van der Waals surface area (Å²) in [5.41, 5.74) is 2.78. The number of carbonyl (C=O) groups excluding carboxylic acids is 1. The summed E-state index contributed by atoms with van der Waals surface area (Å²) in [6, 6.07) is 13.9. The van der Waals surface area contributed by atoms with Crippen molar-refractivity contribution in [3.05, 3.63) is 71.4 Å². The largest absolute Gasteiger partial charge is 0.337 e. The molecule has 0 saturated carbocycles. The Kier molecular flexibility index (Phi) is 4.24. The van der Waals surface area contributed by atoms with E-state index in [0.29, 0.717) is 36.7 Å². The van der Waals surface area contributed by atoms with Crippen LogP contribution in [0.25, 0.3) is 11.4 Å². The van der Waals surface area contributed by atoms with Crippen LogP contribution in [0.4, 0.5) is 4.39 Å². The lowest BCUT2D eigenvalue weighted by Gasteiger charge is -2.22. The summed E-state index contributed by atoms with van der Waals surface area (Å²) in [6.07, 6.45) is 1.09. The summed E-state index contributed by atoms with van der Waals surface area (Å²) < 4.78 is 18.8. The first-order valence-corrected chi connectivity index (χ1v) is 8.55. The number of hydrogen-bond acceptors (Lipinski definition) is 4. The summed E-state index contributed by atoms with van der Waals surface area (Å²) in [7, 11) is 0.